The van der Waals surface area contributed by atoms with Crippen LogP contribution in [0.25, 0.3) is 0 Å². The lowest BCUT2D eigenvalue weighted by atomic mass is 10.0. The van der Waals surface area contributed by atoms with E-state index in [1.807, 2.05) is 6.07 Å². The molecule has 0 bridgehead atoms. The highest BCUT2D eigenvalue weighted by atomic mass is 32.5. The van der Waals surface area contributed by atoms with Crippen LogP contribution in [0.5, 0.6) is 0 Å². The predicted octanol–water partition coefficient (Wildman–Crippen LogP) is 2.32. The number of hydrogen-bond acceptors (Lipinski definition) is 4. The van der Waals surface area contributed by atoms with E-state index in [2.05, 4.69) is 11.8 Å². The minimum absolute atomic E-state index is 0.0274. The zero-order chi connectivity index (χ0) is 17.6. The van der Waals surface area contributed by atoms with Gasteiger partial charge in [0.25, 0.3) is 5.69 Å². The van der Waals surface area contributed by atoms with Gasteiger partial charge in [-0.25, -0.2) is 0 Å². The van der Waals surface area contributed by atoms with Crippen molar-refractivity contribution >= 4 is 30.0 Å². The smallest absolute Gasteiger partial charge is 0.319 e. The van der Waals surface area contributed by atoms with Gasteiger partial charge in [-0.15, -0.1) is 0 Å². The third-order valence-electron chi connectivity index (χ3n) is 2.69. The first-order chi connectivity index (χ1) is 10.6. The number of hydrogen-bond donors (Lipinski definition) is 3. The van der Waals surface area contributed by atoms with E-state index >= 15 is 0 Å². The van der Waals surface area contributed by atoms with E-state index < -0.39 is 11.6 Å². The molecule has 0 aromatic heterocycles. The lowest BCUT2D eigenvalue weighted by Gasteiger charge is -2.03. The summed E-state index contributed by atoms with van der Waals surface area (Å²) >= 11 is 3.60. The third-order valence-corrected chi connectivity index (χ3v) is 2.69. The van der Waals surface area contributed by atoms with Crippen molar-refractivity contribution in [3.63, 3.8) is 0 Å². The second-order valence-electron chi connectivity index (χ2n) is 4.47. The number of carbonyl (C=O) groups excluding carboxylic acids is 1. The molecule has 23 heavy (non-hydrogen) atoms. The lowest BCUT2D eigenvalue weighted by Crippen LogP contribution is -2.02. The first kappa shape index (κ1) is 19.1. The molecule has 2 rings (SSSR count). The predicted molar refractivity (Wildman–Crippen MR) is 88.6 cm³/mol. The number of nitro benzene ring substituents is 1. The summed E-state index contributed by atoms with van der Waals surface area (Å²) in [6.07, 6.45) is 0. The Balaban J connectivity index is 0.000000463. The number of nitrogens with zero attached hydrogens (tertiary/aromatic N) is 1. The Labute approximate surface area is 137 Å². The topological polar surface area (TPSA) is 121 Å². The highest BCUT2D eigenvalue weighted by Crippen LogP contribution is 2.26. The van der Waals surface area contributed by atoms with Crippen molar-refractivity contribution in [2.24, 2.45) is 0 Å². The van der Waals surface area contributed by atoms with Crippen molar-refractivity contribution in [1.82, 2.24) is 0 Å². The summed E-state index contributed by atoms with van der Waals surface area (Å²) in [5.74, 6) is -0.131. The van der Waals surface area contributed by atoms with Gasteiger partial charge in [0.05, 0.1) is 4.92 Å². The van der Waals surface area contributed by atoms with Crippen LogP contribution in [-0.4, -0.2) is 25.4 Å². The van der Waals surface area contributed by atoms with Crippen LogP contribution in [0.2, 0.25) is 0 Å². The first-order valence-corrected chi connectivity index (χ1v) is 8.88. The Hall–Kier alpha value is -1.96. The normalized spacial score (nSPS) is 10.4. The van der Waals surface area contributed by atoms with Gasteiger partial charge in [-0.1, -0.05) is 30.3 Å². The molecule has 0 fully saturated rings. The summed E-state index contributed by atoms with van der Waals surface area (Å²) in [4.78, 5) is 45.0. The summed E-state index contributed by atoms with van der Waals surface area (Å²) in [6.45, 7) is -2.18. The second-order valence-corrected chi connectivity index (χ2v) is 6.96. The third kappa shape index (κ3) is 6.77. The Morgan fingerprint density at radius 2 is 1.61 bits per heavy atom. The highest BCUT2D eigenvalue weighted by Gasteiger charge is 2.14. The molecule has 0 amide bonds. The summed E-state index contributed by atoms with van der Waals surface area (Å²) in [5, 5.41) is 10.7. The fraction of sp³-hybridized carbons (Fsp3) is 0.0714. The summed E-state index contributed by atoms with van der Waals surface area (Å²) in [5.41, 5.74) is 1.55. The summed E-state index contributed by atoms with van der Waals surface area (Å²) < 4.78 is 0. The van der Waals surface area contributed by atoms with E-state index in [0.29, 0.717) is 16.7 Å². The monoisotopic (exact) mass is 355 g/mol. The Bertz CT molecular complexity index is 751. The van der Waals surface area contributed by atoms with Gasteiger partial charge in [0.15, 0.2) is 5.78 Å². The molecular weight excluding hydrogens is 341 g/mol. The molecule has 0 aliphatic rings. The molecule has 0 spiro atoms. The van der Waals surface area contributed by atoms with E-state index in [-0.39, 0.29) is 11.5 Å². The molecule has 7 nitrogen and oxygen atoms in total. The van der Waals surface area contributed by atoms with Crippen LogP contribution in [0, 0.1) is 17.0 Å². The maximum Gasteiger partial charge on any atom is 0.319 e. The molecule has 2 aromatic rings. The minimum atomic E-state index is -3.81. The number of aryl methyl sites for hydroxylation is 1. The van der Waals surface area contributed by atoms with E-state index in [1.165, 1.54) is 12.1 Å². The van der Waals surface area contributed by atoms with Gasteiger partial charge in [-0.05, 0) is 30.9 Å². The molecule has 0 saturated heterocycles. The minimum Gasteiger partial charge on any atom is -0.325 e. The highest BCUT2D eigenvalue weighted by molar-refractivity contribution is 8.06. The number of benzene rings is 2. The average Bonchev–Trinajstić information content (AvgIpc) is 2.45. The van der Waals surface area contributed by atoms with Crippen LogP contribution in [0.4, 0.5) is 5.69 Å². The van der Waals surface area contributed by atoms with Crippen molar-refractivity contribution in [3.8, 4) is 0 Å². The van der Waals surface area contributed by atoms with Crippen molar-refractivity contribution in [2.45, 2.75) is 6.92 Å². The van der Waals surface area contributed by atoms with Crippen molar-refractivity contribution < 1.29 is 24.4 Å². The van der Waals surface area contributed by atoms with Crippen LogP contribution in [-0.2, 0) is 11.8 Å². The largest absolute Gasteiger partial charge is 0.325 e. The standard InChI is InChI=1S/C14H11NO3.H3O3PS/c1-10-9-12(7-8-13(10)15(17)18)14(16)11-5-3-2-4-6-11;1-4(2,3)5/h2-9H,1H3;(H3,1,2,3,5). The molecule has 0 aliphatic heterocycles. The summed E-state index contributed by atoms with van der Waals surface area (Å²) in [6, 6.07) is 13.2. The van der Waals surface area contributed by atoms with Crippen molar-refractivity contribution in [3.05, 3.63) is 75.3 Å². The van der Waals surface area contributed by atoms with Gasteiger partial charge >= 0.3 is 6.72 Å². The molecule has 3 N–H and O–H groups in total. The second kappa shape index (κ2) is 8.05. The number of nitro groups is 1. The van der Waals surface area contributed by atoms with Gasteiger partial charge in [-0.2, -0.15) is 0 Å². The molecule has 0 radical (unpaired) electrons. The van der Waals surface area contributed by atoms with E-state index in [0.717, 1.165) is 0 Å². The van der Waals surface area contributed by atoms with E-state index in [4.69, 9.17) is 14.7 Å². The number of carbonyl (C=O) groups is 1. The van der Waals surface area contributed by atoms with Gasteiger partial charge in [0.2, 0.25) is 0 Å². The van der Waals surface area contributed by atoms with E-state index in [1.54, 1.807) is 37.3 Å². The number of rotatable bonds is 3. The molecule has 0 saturated carbocycles. The van der Waals surface area contributed by atoms with Crippen LogP contribution < -0.4 is 0 Å². The molecular formula is C14H14NO6PS. The zero-order valence-electron chi connectivity index (χ0n) is 12.0. The first-order valence-electron chi connectivity index (χ1n) is 6.22. The fourth-order valence-corrected chi connectivity index (χ4v) is 1.76. The van der Waals surface area contributed by atoms with Gasteiger partial charge in [-0.3, -0.25) is 14.9 Å². The molecule has 122 valence electrons. The van der Waals surface area contributed by atoms with Gasteiger partial charge in [0, 0.05) is 22.8 Å². The lowest BCUT2D eigenvalue weighted by molar-refractivity contribution is -0.385. The van der Waals surface area contributed by atoms with Crippen LogP contribution in [0.15, 0.2) is 48.5 Å². The SMILES string of the molecule is Cc1cc(C(=O)c2ccccc2)ccc1[N+](=O)[O-].OP(O)(O)=S. The Morgan fingerprint density at radius 3 is 2.04 bits per heavy atom. The fourth-order valence-electron chi connectivity index (χ4n) is 1.76. The zero-order valence-corrected chi connectivity index (χ0v) is 13.7. The van der Waals surface area contributed by atoms with Crippen molar-refractivity contribution in [2.75, 3.05) is 0 Å². The molecule has 0 heterocycles. The maximum atomic E-state index is 12.1. The van der Waals surface area contributed by atoms with Crippen LogP contribution >= 0.6 is 6.72 Å². The Kier molecular flexibility index (Phi) is 6.68. The average molecular weight is 355 g/mol. The molecule has 9 heteroatoms. The molecule has 2 aromatic carbocycles. The van der Waals surface area contributed by atoms with Crippen LogP contribution in [0.1, 0.15) is 21.5 Å². The molecule has 0 unspecified atom stereocenters. The quantitative estimate of drug-likeness (QED) is 0.334. The van der Waals surface area contributed by atoms with E-state index in [9.17, 15) is 14.9 Å². The maximum absolute atomic E-state index is 12.1. The van der Waals surface area contributed by atoms with Crippen LogP contribution in [0.3, 0.4) is 0 Å². The van der Waals surface area contributed by atoms with Crippen molar-refractivity contribution in [1.29, 1.82) is 0 Å². The molecule has 0 aliphatic carbocycles. The number of ketones is 1. The summed E-state index contributed by atoms with van der Waals surface area (Å²) in [7, 11) is 0. The molecule has 0 atom stereocenters. The van der Waals surface area contributed by atoms with Gasteiger partial charge in [0.1, 0.15) is 0 Å². The van der Waals surface area contributed by atoms with Gasteiger partial charge < -0.3 is 14.7 Å². The Morgan fingerprint density at radius 1 is 1.09 bits per heavy atom.